The van der Waals surface area contributed by atoms with Crippen molar-refractivity contribution in [2.75, 3.05) is 11.1 Å². The molecule has 0 aromatic carbocycles. The highest BCUT2D eigenvalue weighted by Gasteiger charge is 2.20. The number of nitrogens with one attached hydrogen (secondary N) is 1. The first-order valence-electron chi connectivity index (χ1n) is 7.29. The lowest BCUT2D eigenvalue weighted by atomic mass is 9.93. The van der Waals surface area contributed by atoms with Crippen LogP contribution in [-0.4, -0.2) is 31.8 Å². The molecule has 9 heteroatoms. The zero-order chi connectivity index (χ0) is 16.0. The predicted molar refractivity (Wildman–Crippen MR) is 82.7 cm³/mol. The Hall–Kier alpha value is -3.10. The zero-order valence-corrected chi connectivity index (χ0v) is 12.2. The normalized spacial score (nSPS) is 14.8. The Morgan fingerprint density at radius 1 is 1.39 bits per heavy atom. The number of carbonyl (C=O) groups excluding carboxylic acids is 1. The molecule has 3 aromatic heterocycles. The van der Waals surface area contributed by atoms with E-state index in [0.717, 1.165) is 12.8 Å². The van der Waals surface area contributed by atoms with Gasteiger partial charge in [0.25, 0.3) is 11.8 Å². The van der Waals surface area contributed by atoms with Gasteiger partial charge in [-0.3, -0.25) is 4.79 Å². The largest absolute Gasteiger partial charge is 0.403 e. The van der Waals surface area contributed by atoms with Crippen molar-refractivity contribution in [3.63, 3.8) is 0 Å². The molecule has 5 N–H and O–H groups in total. The molecule has 1 saturated carbocycles. The molecule has 0 saturated heterocycles. The van der Waals surface area contributed by atoms with Crippen LogP contribution >= 0.6 is 0 Å². The van der Waals surface area contributed by atoms with Crippen molar-refractivity contribution in [3.8, 4) is 11.5 Å². The average molecular weight is 313 g/mol. The van der Waals surface area contributed by atoms with E-state index in [0.29, 0.717) is 29.0 Å². The van der Waals surface area contributed by atoms with Crippen molar-refractivity contribution in [3.05, 3.63) is 24.0 Å². The van der Waals surface area contributed by atoms with Gasteiger partial charge in [0.1, 0.15) is 0 Å². The maximum Gasteiger partial charge on any atom is 0.315 e. The molecular weight excluding hydrogens is 298 g/mol. The van der Waals surface area contributed by atoms with Gasteiger partial charge in [-0.2, -0.15) is 5.10 Å². The minimum Gasteiger partial charge on any atom is -0.403 e. The lowest BCUT2D eigenvalue weighted by Gasteiger charge is -2.24. The van der Waals surface area contributed by atoms with Crippen LogP contribution in [0.25, 0.3) is 17.0 Å². The van der Waals surface area contributed by atoms with Gasteiger partial charge in [0.2, 0.25) is 0 Å². The van der Waals surface area contributed by atoms with Crippen LogP contribution in [0.4, 0.5) is 11.7 Å². The molecule has 1 amide bonds. The maximum absolute atomic E-state index is 11.3. The molecule has 4 rings (SSSR count). The summed E-state index contributed by atoms with van der Waals surface area (Å²) in [5, 5.41) is 15.3. The highest BCUT2D eigenvalue weighted by Crippen LogP contribution is 2.28. The molecule has 0 bridgehead atoms. The van der Waals surface area contributed by atoms with Gasteiger partial charge in [-0.1, -0.05) is 5.10 Å². The van der Waals surface area contributed by atoms with E-state index in [1.54, 1.807) is 16.8 Å². The van der Waals surface area contributed by atoms with Gasteiger partial charge in [-0.05, 0) is 25.3 Å². The zero-order valence-electron chi connectivity index (χ0n) is 12.2. The lowest BCUT2D eigenvalue weighted by molar-refractivity contribution is 0.100. The SMILES string of the molecule is NC(=O)c1cnn2cc(-c3nnc(NC4CCC4)o3)cc2c1N. The molecule has 9 nitrogen and oxygen atoms in total. The Morgan fingerprint density at radius 3 is 2.91 bits per heavy atom. The summed E-state index contributed by atoms with van der Waals surface area (Å²) in [6.07, 6.45) is 6.49. The van der Waals surface area contributed by atoms with Crippen LogP contribution in [0.2, 0.25) is 0 Å². The first kappa shape index (κ1) is 13.6. The van der Waals surface area contributed by atoms with Crippen molar-refractivity contribution in [1.82, 2.24) is 19.8 Å². The fraction of sp³-hybridized carbons (Fsp3) is 0.286. The van der Waals surface area contributed by atoms with Crippen LogP contribution in [0.15, 0.2) is 22.9 Å². The highest BCUT2D eigenvalue weighted by atomic mass is 16.4. The number of hydrogen-bond donors (Lipinski definition) is 3. The van der Waals surface area contributed by atoms with Crippen LogP contribution in [0.5, 0.6) is 0 Å². The van der Waals surface area contributed by atoms with Crippen LogP contribution in [0, 0.1) is 0 Å². The number of primary amides is 1. The number of rotatable bonds is 4. The summed E-state index contributed by atoms with van der Waals surface area (Å²) in [7, 11) is 0. The minimum absolute atomic E-state index is 0.181. The molecule has 0 atom stereocenters. The number of anilines is 2. The fourth-order valence-electron chi connectivity index (χ4n) is 2.51. The molecule has 1 aliphatic rings. The third-order valence-corrected chi connectivity index (χ3v) is 4.05. The predicted octanol–water partition coefficient (Wildman–Crippen LogP) is 1.03. The van der Waals surface area contributed by atoms with Gasteiger partial charge in [-0.15, -0.1) is 5.10 Å². The molecule has 0 aliphatic heterocycles. The van der Waals surface area contributed by atoms with E-state index >= 15 is 0 Å². The van der Waals surface area contributed by atoms with Crippen molar-refractivity contribution in [2.24, 2.45) is 5.73 Å². The van der Waals surface area contributed by atoms with E-state index < -0.39 is 5.91 Å². The minimum atomic E-state index is -0.620. The summed E-state index contributed by atoms with van der Waals surface area (Å²) < 4.78 is 7.16. The highest BCUT2D eigenvalue weighted by molar-refractivity contribution is 6.01. The van der Waals surface area contributed by atoms with Crippen LogP contribution in [0.3, 0.4) is 0 Å². The second-order valence-corrected chi connectivity index (χ2v) is 5.58. The molecule has 1 aliphatic carbocycles. The van der Waals surface area contributed by atoms with Gasteiger partial charge < -0.3 is 21.2 Å². The Kier molecular flexibility index (Phi) is 2.93. The first-order chi connectivity index (χ1) is 11.1. The quantitative estimate of drug-likeness (QED) is 0.654. The number of fused-ring (bicyclic) bond motifs is 1. The van der Waals surface area contributed by atoms with Gasteiger partial charge in [-0.25, -0.2) is 4.52 Å². The molecule has 0 spiro atoms. The molecule has 0 radical (unpaired) electrons. The standard InChI is InChI=1S/C14H15N7O2/c15-11-9(12(16)22)5-17-21-6-7(4-10(11)21)13-19-20-14(23-13)18-8-2-1-3-8/h4-6,8H,1-3,15H2,(H2,16,22)(H,18,20). The van der Waals surface area contributed by atoms with Crippen LogP contribution in [-0.2, 0) is 0 Å². The topological polar surface area (TPSA) is 137 Å². The summed E-state index contributed by atoms with van der Waals surface area (Å²) in [4.78, 5) is 11.3. The Balaban J connectivity index is 1.68. The molecule has 23 heavy (non-hydrogen) atoms. The fourth-order valence-corrected chi connectivity index (χ4v) is 2.51. The summed E-state index contributed by atoms with van der Waals surface area (Å²) in [6, 6.07) is 2.54. The Bertz CT molecular complexity index is 894. The summed E-state index contributed by atoms with van der Waals surface area (Å²) in [5.41, 5.74) is 12.9. The van der Waals surface area contributed by atoms with Crippen molar-refractivity contribution in [1.29, 1.82) is 0 Å². The molecule has 3 heterocycles. The molecule has 3 aromatic rings. The number of nitrogens with zero attached hydrogens (tertiary/aromatic N) is 4. The van der Waals surface area contributed by atoms with E-state index in [1.165, 1.54) is 12.6 Å². The summed E-state index contributed by atoms with van der Waals surface area (Å²) in [6.45, 7) is 0. The molecule has 0 unspecified atom stereocenters. The van der Waals surface area contributed by atoms with Gasteiger partial charge in [0, 0.05) is 12.2 Å². The number of nitrogens with two attached hydrogens (primary N) is 2. The van der Waals surface area contributed by atoms with Gasteiger partial charge in [0.05, 0.1) is 28.5 Å². The van der Waals surface area contributed by atoms with E-state index in [4.69, 9.17) is 15.9 Å². The van der Waals surface area contributed by atoms with Gasteiger partial charge in [0.15, 0.2) is 0 Å². The third kappa shape index (κ3) is 2.26. The molecule has 118 valence electrons. The number of carbonyl (C=O) groups is 1. The monoisotopic (exact) mass is 313 g/mol. The second kappa shape index (κ2) is 4.97. The van der Waals surface area contributed by atoms with Crippen LogP contribution < -0.4 is 16.8 Å². The average Bonchev–Trinajstić information content (AvgIpc) is 3.09. The maximum atomic E-state index is 11.3. The van der Waals surface area contributed by atoms with E-state index in [2.05, 4.69) is 20.6 Å². The molecular formula is C14H15N7O2. The van der Waals surface area contributed by atoms with Gasteiger partial charge >= 0.3 is 6.01 Å². The van der Waals surface area contributed by atoms with Crippen LogP contribution in [0.1, 0.15) is 29.6 Å². The first-order valence-corrected chi connectivity index (χ1v) is 7.29. The van der Waals surface area contributed by atoms with E-state index in [-0.39, 0.29) is 11.3 Å². The Labute approximate surface area is 130 Å². The number of amides is 1. The number of nitrogen functional groups attached to an aromatic ring is 1. The summed E-state index contributed by atoms with van der Waals surface area (Å²) in [5.74, 6) is -0.262. The van der Waals surface area contributed by atoms with Crippen molar-refractivity contribution < 1.29 is 9.21 Å². The second-order valence-electron chi connectivity index (χ2n) is 5.58. The summed E-state index contributed by atoms with van der Waals surface area (Å²) >= 11 is 0. The number of aromatic nitrogens is 4. The third-order valence-electron chi connectivity index (χ3n) is 4.05. The van der Waals surface area contributed by atoms with Crippen molar-refractivity contribution >= 4 is 23.1 Å². The smallest absolute Gasteiger partial charge is 0.315 e. The van der Waals surface area contributed by atoms with E-state index in [1.807, 2.05) is 0 Å². The Morgan fingerprint density at radius 2 is 2.22 bits per heavy atom. The number of hydrogen-bond acceptors (Lipinski definition) is 7. The molecule has 1 fully saturated rings. The van der Waals surface area contributed by atoms with E-state index in [9.17, 15) is 4.79 Å². The lowest BCUT2D eigenvalue weighted by Crippen LogP contribution is -2.27. The van der Waals surface area contributed by atoms with Crippen molar-refractivity contribution in [2.45, 2.75) is 25.3 Å².